The lowest BCUT2D eigenvalue weighted by Crippen LogP contribution is -2.55. The summed E-state index contributed by atoms with van der Waals surface area (Å²) in [5, 5.41) is 1.46. The highest BCUT2D eigenvalue weighted by atomic mass is 16.1. The van der Waals surface area contributed by atoms with Crippen LogP contribution in [0.1, 0.15) is 12.8 Å². The summed E-state index contributed by atoms with van der Waals surface area (Å²) in [6, 6.07) is -0.314. The van der Waals surface area contributed by atoms with Crippen molar-refractivity contribution in [3.63, 3.8) is 0 Å². The fourth-order valence-corrected chi connectivity index (χ4v) is 1.29. The largest absolute Gasteiger partial charge is 0.368 e. The van der Waals surface area contributed by atoms with E-state index in [-0.39, 0.29) is 18.0 Å². The van der Waals surface area contributed by atoms with E-state index in [9.17, 15) is 4.79 Å². The van der Waals surface area contributed by atoms with E-state index in [1.54, 1.807) is 0 Å². The lowest BCUT2D eigenvalue weighted by Gasteiger charge is -2.32. The third-order valence-electron chi connectivity index (χ3n) is 2.01. The highest BCUT2D eigenvalue weighted by molar-refractivity contribution is 5.79. The first-order valence-corrected chi connectivity index (χ1v) is 3.67. The molecule has 11 heavy (non-hydrogen) atoms. The summed E-state index contributed by atoms with van der Waals surface area (Å²) in [7, 11) is 0. The Balaban J connectivity index is 2.54. The maximum absolute atomic E-state index is 10.8. The molecule has 2 unspecified atom stereocenters. The van der Waals surface area contributed by atoms with Crippen molar-refractivity contribution >= 4 is 5.91 Å². The van der Waals surface area contributed by atoms with Gasteiger partial charge < -0.3 is 11.5 Å². The lowest BCUT2D eigenvalue weighted by molar-refractivity contribution is -0.124. The Hall–Kier alpha value is -0.650. The summed E-state index contributed by atoms with van der Waals surface area (Å²) in [5.74, 6) is 5.13. The van der Waals surface area contributed by atoms with Gasteiger partial charge in [0.1, 0.15) is 6.04 Å². The van der Waals surface area contributed by atoms with Gasteiger partial charge in [0.25, 0.3) is 0 Å². The summed E-state index contributed by atoms with van der Waals surface area (Å²) in [5.41, 5.74) is 10.7. The van der Waals surface area contributed by atoms with E-state index in [2.05, 4.69) is 0 Å². The van der Waals surface area contributed by atoms with Gasteiger partial charge in [-0.2, -0.15) is 0 Å². The van der Waals surface area contributed by atoms with Gasteiger partial charge in [0.15, 0.2) is 0 Å². The Kier molecular flexibility index (Phi) is 2.43. The number of nitrogens with two attached hydrogens (primary N) is 3. The molecule has 0 aliphatic carbocycles. The van der Waals surface area contributed by atoms with Gasteiger partial charge in [-0.15, -0.1) is 0 Å². The first kappa shape index (κ1) is 8.45. The summed E-state index contributed by atoms with van der Waals surface area (Å²) in [6.07, 6.45) is 1.41. The third kappa shape index (κ3) is 1.89. The summed E-state index contributed by atoms with van der Waals surface area (Å²) >= 11 is 0. The second-order valence-electron chi connectivity index (χ2n) is 2.94. The number of carbonyl (C=O) groups excluding carboxylic acids is 1. The van der Waals surface area contributed by atoms with Gasteiger partial charge in [0, 0.05) is 12.6 Å². The molecule has 0 aromatic carbocycles. The molecule has 64 valence electrons. The van der Waals surface area contributed by atoms with Gasteiger partial charge in [-0.1, -0.05) is 0 Å². The van der Waals surface area contributed by atoms with Crippen LogP contribution in [0.3, 0.4) is 0 Å². The molecule has 2 atom stereocenters. The average Bonchev–Trinajstić information content (AvgIpc) is 1.94. The van der Waals surface area contributed by atoms with E-state index in [1.165, 1.54) is 5.01 Å². The maximum atomic E-state index is 10.8. The van der Waals surface area contributed by atoms with Crippen LogP contribution < -0.4 is 17.3 Å². The van der Waals surface area contributed by atoms with Crippen LogP contribution in [-0.4, -0.2) is 29.5 Å². The van der Waals surface area contributed by atoms with Crippen LogP contribution >= 0.6 is 0 Å². The highest BCUT2D eigenvalue weighted by Crippen LogP contribution is 2.11. The molecule has 1 aliphatic rings. The molecule has 1 saturated heterocycles. The van der Waals surface area contributed by atoms with E-state index in [1.807, 2.05) is 0 Å². The van der Waals surface area contributed by atoms with Crippen molar-refractivity contribution in [3.05, 3.63) is 0 Å². The molecule has 0 spiro atoms. The van der Waals surface area contributed by atoms with Crippen LogP contribution in [0, 0.1) is 0 Å². The molecular weight excluding hydrogens is 144 g/mol. The number of amides is 1. The summed E-state index contributed by atoms with van der Waals surface area (Å²) in [4.78, 5) is 10.8. The quantitative estimate of drug-likeness (QED) is 0.390. The maximum Gasteiger partial charge on any atom is 0.236 e. The summed E-state index contributed by atoms with van der Waals surface area (Å²) < 4.78 is 0. The number of hydrogen-bond acceptors (Lipinski definition) is 4. The second-order valence-corrected chi connectivity index (χ2v) is 2.94. The fourth-order valence-electron chi connectivity index (χ4n) is 1.29. The number of rotatable bonds is 1. The Morgan fingerprint density at radius 3 is 2.64 bits per heavy atom. The minimum Gasteiger partial charge on any atom is -0.368 e. The standard InChI is InChI=1S/C6H14N4O/c7-4-1-2-10(9)5(3-4)6(8)11/h4-5H,1-3,7,9H2,(H2,8,11). The average molecular weight is 158 g/mol. The van der Waals surface area contributed by atoms with E-state index in [0.29, 0.717) is 13.0 Å². The van der Waals surface area contributed by atoms with Crippen LogP contribution in [0.25, 0.3) is 0 Å². The highest BCUT2D eigenvalue weighted by Gasteiger charge is 2.28. The molecular formula is C6H14N4O. The number of hydrazine groups is 1. The van der Waals surface area contributed by atoms with E-state index >= 15 is 0 Å². The minimum atomic E-state index is -0.386. The zero-order valence-electron chi connectivity index (χ0n) is 6.36. The van der Waals surface area contributed by atoms with Crippen molar-refractivity contribution in [1.82, 2.24) is 5.01 Å². The molecule has 5 nitrogen and oxygen atoms in total. The molecule has 0 bridgehead atoms. The first-order chi connectivity index (χ1) is 5.11. The Morgan fingerprint density at radius 1 is 1.55 bits per heavy atom. The van der Waals surface area contributed by atoms with E-state index in [4.69, 9.17) is 17.3 Å². The van der Waals surface area contributed by atoms with Gasteiger partial charge in [0.05, 0.1) is 0 Å². The van der Waals surface area contributed by atoms with Gasteiger partial charge in [-0.3, -0.25) is 10.6 Å². The number of hydrogen-bond donors (Lipinski definition) is 3. The smallest absolute Gasteiger partial charge is 0.236 e. The Morgan fingerprint density at radius 2 is 2.18 bits per heavy atom. The lowest BCUT2D eigenvalue weighted by atomic mass is 9.99. The zero-order chi connectivity index (χ0) is 8.43. The summed E-state index contributed by atoms with van der Waals surface area (Å²) in [6.45, 7) is 0.648. The Bertz CT molecular complexity index is 161. The normalized spacial score (nSPS) is 33.6. The topological polar surface area (TPSA) is 98.4 Å². The van der Waals surface area contributed by atoms with Crippen molar-refractivity contribution < 1.29 is 4.79 Å². The number of piperidine rings is 1. The van der Waals surface area contributed by atoms with Gasteiger partial charge >= 0.3 is 0 Å². The van der Waals surface area contributed by atoms with Crippen molar-refractivity contribution in [2.75, 3.05) is 6.54 Å². The van der Waals surface area contributed by atoms with Crippen LogP contribution in [0.2, 0.25) is 0 Å². The van der Waals surface area contributed by atoms with Crippen molar-refractivity contribution in [2.24, 2.45) is 17.3 Å². The van der Waals surface area contributed by atoms with Gasteiger partial charge in [-0.25, -0.2) is 5.01 Å². The Labute approximate surface area is 65.5 Å². The molecule has 0 aromatic heterocycles. The predicted octanol–water partition coefficient (Wildman–Crippen LogP) is -1.86. The van der Waals surface area contributed by atoms with Crippen LogP contribution in [0.15, 0.2) is 0 Å². The SMILES string of the molecule is NC(=O)C1CC(N)CCN1N. The van der Waals surface area contributed by atoms with E-state index in [0.717, 1.165) is 6.42 Å². The zero-order valence-corrected chi connectivity index (χ0v) is 6.36. The van der Waals surface area contributed by atoms with Crippen LogP contribution in [0.5, 0.6) is 0 Å². The molecule has 1 aliphatic heterocycles. The van der Waals surface area contributed by atoms with Crippen molar-refractivity contribution in [3.8, 4) is 0 Å². The molecule has 1 fully saturated rings. The number of nitrogens with zero attached hydrogens (tertiary/aromatic N) is 1. The van der Waals surface area contributed by atoms with Gasteiger partial charge in [-0.05, 0) is 12.8 Å². The molecule has 1 heterocycles. The third-order valence-corrected chi connectivity index (χ3v) is 2.01. The molecule has 1 rings (SSSR count). The minimum absolute atomic E-state index is 0.0623. The monoisotopic (exact) mass is 158 g/mol. The number of primary amides is 1. The first-order valence-electron chi connectivity index (χ1n) is 3.67. The van der Waals surface area contributed by atoms with Crippen molar-refractivity contribution in [2.45, 2.75) is 24.9 Å². The molecule has 0 radical (unpaired) electrons. The molecule has 5 heteroatoms. The molecule has 0 saturated carbocycles. The van der Waals surface area contributed by atoms with Gasteiger partial charge in [0.2, 0.25) is 5.91 Å². The molecule has 6 N–H and O–H groups in total. The second kappa shape index (κ2) is 3.17. The van der Waals surface area contributed by atoms with E-state index < -0.39 is 0 Å². The van der Waals surface area contributed by atoms with Crippen molar-refractivity contribution in [1.29, 1.82) is 0 Å². The predicted molar refractivity (Wildman–Crippen MR) is 41.1 cm³/mol. The molecule has 0 aromatic rings. The van der Waals surface area contributed by atoms with Crippen LogP contribution in [-0.2, 0) is 4.79 Å². The fraction of sp³-hybridized carbons (Fsp3) is 0.833. The van der Waals surface area contributed by atoms with Crippen LogP contribution in [0.4, 0.5) is 0 Å². The number of carbonyl (C=O) groups is 1. The molecule has 1 amide bonds.